The SMILES string of the molecule is C=C1/C=C\C=C/Cc2c(c3ccccc3n2C)O1. The molecule has 0 fully saturated rings. The lowest BCUT2D eigenvalue weighted by Crippen LogP contribution is -1.97. The minimum Gasteiger partial charge on any atom is -0.455 e. The standard InChI is InChI=1S/C16H15NO/c1-12-8-4-3-5-11-15-16(18-12)13-9-6-7-10-14(13)17(15)2/h3-10H,1,11H2,2H3/b5-3-,8-4-. The molecular weight excluding hydrogens is 222 g/mol. The summed E-state index contributed by atoms with van der Waals surface area (Å²) < 4.78 is 8.10. The van der Waals surface area contributed by atoms with Crippen LogP contribution in [0.15, 0.2) is 60.9 Å². The van der Waals surface area contributed by atoms with Gasteiger partial charge in [0.2, 0.25) is 0 Å². The van der Waals surface area contributed by atoms with E-state index in [1.807, 2.05) is 30.4 Å². The molecule has 3 rings (SSSR count). The summed E-state index contributed by atoms with van der Waals surface area (Å²) >= 11 is 0. The van der Waals surface area contributed by atoms with Crippen molar-refractivity contribution in [3.63, 3.8) is 0 Å². The number of hydrogen-bond donors (Lipinski definition) is 0. The maximum atomic E-state index is 5.91. The molecule has 1 aliphatic heterocycles. The van der Waals surface area contributed by atoms with Crippen molar-refractivity contribution in [2.24, 2.45) is 7.05 Å². The van der Waals surface area contributed by atoms with Crippen molar-refractivity contribution < 1.29 is 4.74 Å². The summed E-state index contributed by atoms with van der Waals surface area (Å²) in [6.45, 7) is 3.92. The highest BCUT2D eigenvalue weighted by Crippen LogP contribution is 2.34. The minimum absolute atomic E-state index is 0.666. The van der Waals surface area contributed by atoms with Crippen LogP contribution in [0.4, 0.5) is 0 Å². The second kappa shape index (κ2) is 4.22. The van der Waals surface area contributed by atoms with Gasteiger partial charge < -0.3 is 9.30 Å². The first kappa shape index (κ1) is 10.9. The molecule has 2 heteroatoms. The third-order valence-electron chi connectivity index (χ3n) is 3.25. The van der Waals surface area contributed by atoms with Gasteiger partial charge in [-0.15, -0.1) is 0 Å². The number of rotatable bonds is 0. The summed E-state index contributed by atoms with van der Waals surface area (Å²) in [4.78, 5) is 0. The van der Waals surface area contributed by atoms with E-state index in [1.165, 1.54) is 11.2 Å². The second-order valence-electron chi connectivity index (χ2n) is 4.41. The van der Waals surface area contributed by atoms with Gasteiger partial charge in [0.25, 0.3) is 0 Å². The maximum absolute atomic E-state index is 5.91. The normalized spacial score (nSPS) is 18.4. The quantitative estimate of drug-likeness (QED) is 0.680. The molecule has 1 aromatic carbocycles. The summed E-state index contributed by atoms with van der Waals surface area (Å²) in [5.41, 5.74) is 2.37. The van der Waals surface area contributed by atoms with E-state index in [-0.39, 0.29) is 0 Å². The Bertz CT molecular complexity index is 674. The van der Waals surface area contributed by atoms with Gasteiger partial charge in [0.15, 0.2) is 5.75 Å². The van der Waals surface area contributed by atoms with E-state index in [1.54, 1.807) is 0 Å². The fourth-order valence-electron chi connectivity index (χ4n) is 2.34. The molecular formula is C16H15NO. The summed E-state index contributed by atoms with van der Waals surface area (Å²) in [6.07, 6.45) is 8.86. The number of ether oxygens (including phenoxy) is 1. The number of para-hydroxylation sites is 1. The van der Waals surface area contributed by atoms with E-state index >= 15 is 0 Å². The first-order valence-corrected chi connectivity index (χ1v) is 6.03. The molecule has 0 bridgehead atoms. The number of aryl methyl sites for hydroxylation is 1. The zero-order valence-corrected chi connectivity index (χ0v) is 10.4. The van der Waals surface area contributed by atoms with Gasteiger partial charge in [-0.3, -0.25) is 0 Å². The van der Waals surface area contributed by atoms with E-state index in [4.69, 9.17) is 4.74 Å². The topological polar surface area (TPSA) is 14.2 Å². The van der Waals surface area contributed by atoms with Crippen molar-refractivity contribution in [1.82, 2.24) is 4.57 Å². The number of nitrogens with zero attached hydrogens (tertiary/aromatic N) is 1. The van der Waals surface area contributed by atoms with Crippen molar-refractivity contribution in [1.29, 1.82) is 0 Å². The third kappa shape index (κ3) is 1.66. The molecule has 1 aromatic heterocycles. The van der Waals surface area contributed by atoms with Gasteiger partial charge in [-0.25, -0.2) is 0 Å². The summed E-state index contributed by atoms with van der Waals surface area (Å²) in [5, 5.41) is 1.14. The Morgan fingerprint density at radius 1 is 1.22 bits per heavy atom. The first-order valence-electron chi connectivity index (χ1n) is 6.03. The highest BCUT2D eigenvalue weighted by molar-refractivity contribution is 5.89. The van der Waals surface area contributed by atoms with Gasteiger partial charge in [0, 0.05) is 18.9 Å². The molecule has 2 nitrogen and oxygen atoms in total. The molecule has 90 valence electrons. The molecule has 18 heavy (non-hydrogen) atoms. The Labute approximate surface area is 106 Å². The zero-order chi connectivity index (χ0) is 12.5. The molecule has 0 saturated carbocycles. The number of aromatic nitrogens is 1. The molecule has 1 aliphatic rings. The molecule has 2 heterocycles. The molecule has 0 unspecified atom stereocenters. The van der Waals surface area contributed by atoms with Crippen molar-refractivity contribution in [3.8, 4) is 5.75 Å². The molecule has 0 aliphatic carbocycles. The Kier molecular flexibility index (Phi) is 2.56. The summed E-state index contributed by atoms with van der Waals surface area (Å²) in [7, 11) is 2.08. The molecule has 2 aromatic rings. The fourth-order valence-corrected chi connectivity index (χ4v) is 2.34. The molecule has 0 radical (unpaired) electrons. The van der Waals surface area contributed by atoms with Gasteiger partial charge in [0.1, 0.15) is 5.76 Å². The van der Waals surface area contributed by atoms with Crippen molar-refractivity contribution in [3.05, 3.63) is 66.6 Å². The summed E-state index contributed by atoms with van der Waals surface area (Å²) in [6, 6.07) is 8.28. The average molecular weight is 237 g/mol. The second-order valence-corrected chi connectivity index (χ2v) is 4.41. The van der Waals surface area contributed by atoms with Crippen LogP contribution in [0.1, 0.15) is 5.69 Å². The van der Waals surface area contributed by atoms with Gasteiger partial charge >= 0.3 is 0 Å². The van der Waals surface area contributed by atoms with Crippen molar-refractivity contribution in [2.75, 3.05) is 0 Å². The van der Waals surface area contributed by atoms with E-state index in [0.29, 0.717) is 5.76 Å². The Hall–Kier alpha value is -2.22. The summed E-state index contributed by atoms with van der Waals surface area (Å²) in [5.74, 6) is 1.59. The number of allylic oxidation sites excluding steroid dienone is 4. The predicted octanol–water partition coefficient (Wildman–Crippen LogP) is 3.74. The van der Waals surface area contributed by atoms with Crippen LogP contribution in [0.5, 0.6) is 5.75 Å². The Morgan fingerprint density at radius 3 is 2.94 bits per heavy atom. The lowest BCUT2D eigenvalue weighted by Gasteiger charge is -2.07. The monoisotopic (exact) mass is 237 g/mol. The largest absolute Gasteiger partial charge is 0.455 e. The van der Waals surface area contributed by atoms with Gasteiger partial charge in [-0.05, 0) is 18.2 Å². The maximum Gasteiger partial charge on any atom is 0.156 e. The molecule has 0 spiro atoms. The fraction of sp³-hybridized carbons (Fsp3) is 0.125. The number of hydrogen-bond acceptors (Lipinski definition) is 1. The van der Waals surface area contributed by atoms with Gasteiger partial charge in [0.05, 0.1) is 11.2 Å². The van der Waals surface area contributed by atoms with Crippen LogP contribution in [-0.4, -0.2) is 4.57 Å². The number of fused-ring (bicyclic) bond motifs is 3. The minimum atomic E-state index is 0.666. The average Bonchev–Trinajstić information content (AvgIpc) is 2.68. The Morgan fingerprint density at radius 2 is 2.06 bits per heavy atom. The molecule has 0 amide bonds. The first-order chi connectivity index (χ1) is 8.77. The van der Waals surface area contributed by atoms with Crippen molar-refractivity contribution >= 4 is 10.9 Å². The highest BCUT2D eigenvalue weighted by Gasteiger charge is 2.16. The van der Waals surface area contributed by atoms with Crippen LogP contribution in [0.3, 0.4) is 0 Å². The van der Waals surface area contributed by atoms with Crippen LogP contribution in [-0.2, 0) is 13.5 Å². The highest BCUT2D eigenvalue weighted by atomic mass is 16.5. The van der Waals surface area contributed by atoms with Crippen LogP contribution < -0.4 is 4.74 Å². The molecule has 0 saturated heterocycles. The van der Waals surface area contributed by atoms with Crippen LogP contribution in [0.2, 0.25) is 0 Å². The smallest absolute Gasteiger partial charge is 0.156 e. The number of benzene rings is 1. The van der Waals surface area contributed by atoms with Gasteiger partial charge in [-0.1, -0.05) is 36.9 Å². The lowest BCUT2D eigenvalue weighted by molar-refractivity contribution is 0.445. The van der Waals surface area contributed by atoms with Crippen LogP contribution in [0, 0.1) is 0 Å². The van der Waals surface area contributed by atoms with E-state index < -0.39 is 0 Å². The van der Waals surface area contributed by atoms with E-state index in [0.717, 1.165) is 17.6 Å². The third-order valence-corrected chi connectivity index (χ3v) is 3.25. The molecule has 0 atom stereocenters. The zero-order valence-electron chi connectivity index (χ0n) is 10.4. The van der Waals surface area contributed by atoms with Crippen LogP contribution in [0.25, 0.3) is 10.9 Å². The van der Waals surface area contributed by atoms with Crippen molar-refractivity contribution in [2.45, 2.75) is 6.42 Å². The predicted molar refractivity (Wildman–Crippen MR) is 74.7 cm³/mol. The molecule has 0 N–H and O–H groups in total. The van der Waals surface area contributed by atoms with E-state index in [9.17, 15) is 0 Å². The van der Waals surface area contributed by atoms with Crippen LogP contribution >= 0.6 is 0 Å². The van der Waals surface area contributed by atoms with E-state index in [2.05, 4.69) is 36.4 Å². The lowest BCUT2D eigenvalue weighted by atomic mass is 10.2. The van der Waals surface area contributed by atoms with Gasteiger partial charge in [-0.2, -0.15) is 0 Å². The Balaban J connectivity index is 2.28.